The number of hydrogen-bond donors (Lipinski definition) is 0. The van der Waals surface area contributed by atoms with Crippen LogP contribution in [0, 0.1) is 12.3 Å². The van der Waals surface area contributed by atoms with Crippen molar-refractivity contribution in [1.29, 1.82) is 0 Å². The lowest BCUT2D eigenvalue weighted by Crippen LogP contribution is -2.57. The zero-order valence-corrected chi connectivity index (χ0v) is 14.4. The van der Waals surface area contributed by atoms with Crippen LogP contribution in [-0.2, 0) is 19.6 Å². The molecule has 1 saturated heterocycles. The lowest BCUT2D eigenvalue weighted by Gasteiger charge is -2.45. The largest absolute Gasteiger partial charge is 0.365 e. The smallest absolute Gasteiger partial charge is 0.245 e. The molecule has 1 unspecified atom stereocenters. The molecule has 0 N–H and O–H groups in total. The summed E-state index contributed by atoms with van der Waals surface area (Å²) < 4.78 is 33.0. The number of benzene rings is 1. The standard InChI is InChI=1S/C17H23NO4S/c1-13-5-7-15(8-6-13)23(20,21)18-12-14(19)11-17(16(18)22-2)9-3-4-10-17/h5-8,16H,3-4,9-12H2,1-2H3. The quantitative estimate of drug-likeness (QED) is 0.850. The fourth-order valence-electron chi connectivity index (χ4n) is 4.03. The lowest BCUT2D eigenvalue weighted by atomic mass is 9.77. The Balaban J connectivity index is 2.01. The Labute approximate surface area is 137 Å². The number of carbonyl (C=O) groups excluding carboxylic acids is 1. The van der Waals surface area contributed by atoms with Gasteiger partial charge in [-0.15, -0.1) is 0 Å². The molecule has 126 valence electrons. The van der Waals surface area contributed by atoms with Gasteiger partial charge in [-0.1, -0.05) is 30.5 Å². The zero-order chi connectivity index (χ0) is 16.7. The molecule has 1 spiro atoms. The van der Waals surface area contributed by atoms with E-state index < -0.39 is 16.3 Å². The van der Waals surface area contributed by atoms with E-state index in [-0.39, 0.29) is 22.6 Å². The molecule has 6 heteroatoms. The van der Waals surface area contributed by atoms with Crippen molar-refractivity contribution in [3.8, 4) is 0 Å². The Morgan fingerprint density at radius 3 is 2.35 bits per heavy atom. The van der Waals surface area contributed by atoms with Gasteiger partial charge in [0.1, 0.15) is 12.0 Å². The number of methoxy groups -OCH3 is 1. The molecule has 1 atom stereocenters. The van der Waals surface area contributed by atoms with Crippen molar-refractivity contribution in [3.63, 3.8) is 0 Å². The summed E-state index contributed by atoms with van der Waals surface area (Å²) in [7, 11) is -2.21. The summed E-state index contributed by atoms with van der Waals surface area (Å²) in [6.45, 7) is 1.81. The molecule has 3 rings (SSSR count). The Morgan fingerprint density at radius 2 is 1.78 bits per heavy atom. The average Bonchev–Trinajstić information content (AvgIpc) is 2.95. The first-order valence-corrected chi connectivity index (χ1v) is 9.46. The number of carbonyl (C=O) groups is 1. The summed E-state index contributed by atoms with van der Waals surface area (Å²) in [6.07, 6.45) is 3.59. The highest BCUT2D eigenvalue weighted by molar-refractivity contribution is 7.89. The topological polar surface area (TPSA) is 63.7 Å². The van der Waals surface area contributed by atoms with Gasteiger partial charge in [-0.3, -0.25) is 4.79 Å². The molecule has 0 radical (unpaired) electrons. The third-order valence-electron chi connectivity index (χ3n) is 5.12. The summed E-state index contributed by atoms with van der Waals surface area (Å²) in [5.74, 6) is -0.0177. The number of rotatable bonds is 3. The lowest BCUT2D eigenvalue weighted by molar-refractivity contribution is -0.145. The van der Waals surface area contributed by atoms with Crippen molar-refractivity contribution in [2.75, 3.05) is 13.7 Å². The number of Topliss-reactive ketones (excluding diaryl/α,β-unsaturated/α-hetero) is 1. The maximum Gasteiger partial charge on any atom is 0.245 e. The fraction of sp³-hybridized carbons (Fsp3) is 0.588. The Bertz CT molecular complexity index is 690. The number of piperidine rings is 1. The molecule has 0 amide bonds. The van der Waals surface area contributed by atoms with Crippen molar-refractivity contribution >= 4 is 15.8 Å². The molecule has 1 aliphatic heterocycles. The van der Waals surface area contributed by atoms with Gasteiger partial charge in [0.2, 0.25) is 10.0 Å². The van der Waals surface area contributed by atoms with Gasteiger partial charge in [0.25, 0.3) is 0 Å². The van der Waals surface area contributed by atoms with Crippen molar-refractivity contribution in [1.82, 2.24) is 4.31 Å². The van der Waals surface area contributed by atoms with E-state index in [4.69, 9.17) is 4.74 Å². The van der Waals surface area contributed by atoms with Crippen LogP contribution in [0.1, 0.15) is 37.7 Å². The van der Waals surface area contributed by atoms with E-state index in [1.807, 2.05) is 6.92 Å². The number of hydrogen-bond acceptors (Lipinski definition) is 4. The van der Waals surface area contributed by atoms with E-state index in [0.717, 1.165) is 31.2 Å². The first-order chi connectivity index (χ1) is 10.9. The Kier molecular flexibility index (Phi) is 4.33. The normalized spacial score (nSPS) is 25.1. The van der Waals surface area contributed by atoms with Gasteiger partial charge in [0, 0.05) is 18.9 Å². The molecule has 2 aliphatic rings. The molecule has 1 saturated carbocycles. The summed E-state index contributed by atoms with van der Waals surface area (Å²) in [6, 6.07) is 6.73. The van der Waals surface area contributed by atoms with Crippen LogP contribution in [-0.4, -0.2) is 38.4 Å². The molecular formula is C17H23NO4S. The second-order valence-corrected chi connectivity index (χ2v) is 8.63. The Hall–Kier alpha value is -1.24. The van der Waals surface area contributed by atoms with Crippen molar-refractivity contribution in [3.05, 3.63) is 29.8 Å². The zero-order valence-electron chi connectivity index (χ0n) is 13.6. The number of nitrogens with zero attached hydrogens (tertiary/aromatic N) is 1. The van der Waals surface area contributed by atoms with Gasteiger partial charge in [-0.25, -0.2) is 8.42 Å². The van der Waals surface area contributed by atoms with Gasteiger partial charge in [-0.2, -0.15) is 4.31 Å². The van der Waals surface area contributed by atoms with Crippen molar-refractivity contribution in [2.45, 2.75) is 50.2 Å². The third kappa shape index (κ3) is 2.84. The first kappa shape index (κ1) is 16.6. The van der Waals surface area contributed by atoms with E-state index >= 15 is 0 Å². The highest BCUT2D eigenvalue weighted by Crippen LogP contribution is 2.49. The van der Waals surface area contributed by atoms with Crippen molar-refractivity contribution in [2.24, 2.45) is 5.41 Å². The number of ketones is 1. The highest BCUT2D eigenvalue weighted by Gasteiger charge is 2.52. The minimum absolute atomic E-state index is 0.0177. The van der Waals surface area contributed by atoms with Gasteiger partial charge in [0.15, 0.2) is 0 Å². The Morgan fingerprint density at radius 1 is 1.17 bits per heavy atom. The SMILES string of the molecule is COC1N(S(=O)(=O)c2ccc(C)cc2)CC(=O)CC12CCCC2. The molecule has 0 aromatic heterocycles. The van der Waals surface area contributed by atoms with Crippen LogP contribution >= 0.6 is 0 Å². The molecule has 1 heterocycles. The fourth-order valence-corrected chi connectivity index (χ4v) is 5.65. The number of aryl methyl sites for hydroxylation is 1. The molecule has 23 heavy (non-hydrogen) atoms. The van der Waals surface area contributed by atoms with Crippen LogP contribution in [0.15, 0.2) is 29.2 Å². The number of ether oxygens (including phenoxy) is 1. The highest BCUT2D eigenvalue weighted by atomic mass is 32.2. The second-order valence-electron chi connectivity index (χ2n) is 6.74. The van der Waals surface area contributed by atoms with E-state index in [1.165, 1.54) is 11.4 Å². The third-order valence-corrected chi connectivity index (χ3v) is 6.92. The van der Waals surface area contributed by atoms with Gasteiger partial charge >= 0.3 is 0 Å². The van der Waals surface area contributed by atoms with Gasteiger partial charge in [-0.05, 0) is 31.9 Å². The van der Waals surface area contributed by atoms with E-state index in [0.29, 0.717) is 6.42 Å². The molecule has 5 nitrogen and oxygen atoms in total. The van der Waals surface area contributed by atoms with E-state index in [2.05, 4.69) is 0 Å². The summed E-state index contributed by atoms with van der Waals surface area (Å²) in [5.41, 5.74) is 0.635. The average molecular weight is 337 g/mol. The summed E-state index contributed by atoms with van der Waals surface area (Å²) in [4.78, 5) is 12.5. The van der Waals surface area contributed by atoms with Crippen molar-refractivity contribution < 1.29 is 17.9 Å². The predicted molar refractivity (Wildman–Crippen MR) is 86.4 cm³/mol. The monoisotopic (exact) mass is 337 g/mol. The van der Waals surface area contributed by atoms with Crippen LogP contribution in [0.2, 0.25) is 0 Å². The molecule has 1 aromatic rings. The minimum Gasteiger partial charge on any atom is -0.365 e. The molecule has 2 fully saturated rings. The first-order valence-electron chi connectivity index (χ1n) is 8.02. The van der Waals surface area contributed by atoms with E-state index in [9.17, 15) is 13.2 Å². The summed E-state index contributed by atoms with van der Waals surface area (Å²) >= 11 is 0. The second kappa shape index (κ2) is 6.00. The van der Waals surface area contributed by atoms with Crippen LogP contribution in [0.5, 0.6) is 0 Å². The van der Waals surface area contributed by atoms with E-state index in [1.54, 1.807) is 24.3 Å². The molecular weight excluding hydrogens is 314 g/mol. The van der Waals surface area contributed by atoms with Crippen LogP contribution in [0.25, 0.3) is 0 Å². The minimum atomic E-state index is -3.75. The predicted octanol–water partition coefficient (Wildman–Crippen LogP) is 2.49. The molecule has 1 aliphatic carbocycles. The van der Waals surface area contributed by atoms with Crippen LogP contribution in [0.3, 0.4) is 0 Å². The number of sulfonamides is 1. The van der Waals surface area contributed by atoms with Crippen LogP contribution < -0.4 is 0 Å². The molecule has 0 bridgehead atoms. The maximum absolute atomic E-state index is 13.0. The summed E-state index contributed by atoms with van der Waals surface area (Å²) in [5, 5.41) is 0. The van der Waals surface area contributed by atoms with Gasteiger partial charge in [0.05, 0.1) is 11.4 Å². The molecule has 1 aromatic carbocycles. The van der Waals surface area contributed by atoms with Gasteiger partial charge < -0.3 is 4.74 Å². The maximum atomic E-state index is 13.0. The van der Waals surface area contributed by atoms with Crippen LogP contribution in [0.4, 0.5) is 0 Å².